The normalized spacial score (nSPS) is 13.7. The van der Waals surface area contributed by atoms with Crippen molar-refractivity contribution in [3.63, 3.8) is 0 Å². The number of nitriles is 1. The third kappa shape index (κ3) is 3.14. The monoisotopic (exact) mass is 220 g/mol. The Kier molecular flexibility index (Phi) is 3.75. The Balaban J connectivity index is 2.79. The van der Waals surface area contributed by atoms with Gasteiger partial charge in [0.05, 0.1) is 13.2 Å². The number of benzene rings is 1. The van der Waals surface area contributed by atoms with E-state index >= 15 is 0 Å². The summed E-state index contributed by atoms with van der Waals surface area (Å²) >= 11 is 0. The molecule has 0 spiro atoms. The van der Waals surface area contributed by atoms with Gasteiger partial charge in [0.25, 0.3) is 0 Å². The number of ether oxygens (including phenoxy) is 2. The van der Waals surface area contributed by atoms with Crippen LogP contribution >= 0.6 is 0 Å². The molecule has 2 N–H and O–H groups in total. The summed E-state index contributed by atoms with van der Waals surface area (Å²) < 4.78 is 10.6. The van der Waals surface area contributed by atoms with E-state index in [1.807, 2.05) is 31.2 Å². The first-order valence-electron chi connectivity index (χ1n) is 4.96. The van der Waals surface area contributed by atoms with Gasteiger partial charge in [0.1, 0.15) is 12.1 Å². The predicted octanol–water partition coefficient (Wildman–Crippen LogP) is 1.62. The van der Waals surface area contributed by atoms with Gasteiger partial charge >= 0.3 is 0 Å². The van der Waals surface area contributed by atoms with Gasteiger partial charge in [0.15, 0.2) is 11.5 Å². The van der Waals surface area contributed by atoms with E-state index in [1.54, 1.807) is 14.0 Å². The van der Waals surface area contributed by atoms with Crippen LogP contribution < -0.4 is 15.2 Å². The van der Waals surface area contributed by atoms with Crippen LogP contribution in [0.1, 0.15) is 12.5 Å². The molecule has 0 aliphatic heterocycles. The van der Waals surface area contributed by atoms with Crippen LogP contribution in [0.25, 0.3) is 0 Å². The summed E-state index contributed by atoms with van der Waals surface area (Å²) in [7, 11) is 1.58. The molecule has 0 heterocycles. The van der Waals surface area contributed by atoms with Crippen molar-refractivity contribution in [3.05, 3.63) is 23.8 Å². The molecule has 86 valence electrons. The van der Waals surface area contributed by atoms with Gasteiger partial charge in [-0.15, -0.1) is 0 Å². The van der Waals surface area contributed by atoms with Gasteiger partial charge in [-0.3, -0.25) is 0 Å². The Morgan fingerprint density at radius 3 is 2.69 bits per heavy atom. The highest BCUT2D eigenvalue weighted by Gasteiger charge is 2.19. The summed E-state index contributed by atoms with van der Waals surface area (Å²) in [5, 5.41) is 8.76. The van der Waals surface area contributed by atoms with Gasteiger partial charge < -0.3 is 15.2 Å². The molecule has 1 atom stereocenters. The molecular weight excluding hydrogens is 204 g/mol. The molecule has 1 aromatic carbocycles. The van der Waals surface area contributed by atoms with Crippen molar-refractivity contribution in [2.45, 2.75) is 19.4 Å². The molecule has 1 unspecified atom stereocenters. The first-order chi connectivity index (χ1) is 7.48. The van der Waals surface area contributed by atoms with E-state index in [9.17, 15) is 0 Å². The molecule has 1 aromatic rings. The van der Waals surface area contributed by atoms with E-state index < -0.39 is 5.54 Å². The Morgan fingerprint density at radius 2 is 2.12 bits per heavy atom. The smallest absolute Gasteiger partial charge is 0.161 e. The third-order valence-electron chi connectivity index (χ3n) is 2.10. The molecule has 0 aliphatic carbocycles. The fourth-order valence-corrected chi connectivity index (χ4v) is 1.15. The van der Waals surface area contributed by atoms with Crippen molar-refractivity contribution in [2.75, 3.05) is 13.7 Å². The molecular formula is C12H16N2O2. The van der Waals surface area contributed by atoms with Crippen LogP contribution in [0.3, 0.4) is 0 Å². The molecule has 0 bridgehead atoms. The summed E-state index contributed by atoms with van der Waals surface area (Å²) in [5.74, 6) is 1.24. The first kappa shape index (κ1) is 12.3. The molecule has 0 aliphatic rings. The SMILES string of the molecule is COc1cc(C)ccc1OCC(C)(N)C#N. The second-order valence-corrected chi connectivity index (χ2v) is 3.97. The van der Waals surface area contributed by atoms with Gasteiger partial charge in [-0.1, -0.05) is 6.07 Å². The molecule has 0 radical (unpaired) electrons. The zero-order valence-electron chi connectivity index (χ0n) is 9.78. The molecule has 0 aromatic heterocycles. The van der Waals surface area contributed by atoms with Crippen molar-refractivity contribution < 1.29 is 9.47 Å². The maximum atomic E-state index is 8.76. The molecule has 0 saturated heterocycles. The first-order valence-corrected chi connectivity index (χ1v) is 4.96. The van der Waals surface area contributed by atoms with E-state index in [1.165, 1.54) is 0 Å². The third-order valence-corrected chi connectivity index (χ3v) is 2.10. The summed E-state index contributed by atoms with van der Waals surface area (Å²) in [5.41, 5.74) is 5.75. The van der Waals surface area contributed by atoms with Crippen LogP contribution in [0.2, 0.25) is 0 Å². The Labute approximate surface area is 95.6 Å². The summed E-state index contributed by atoms with van der Waals surface area (Å²) in [6.45, 7) is 3.71. The second kappa shape index (κ2) is 4.86. The van der Waals surface area contributed by atoms with Crippen LogP contribution in [-0.4, -0.2) is 19.3 Å². The molecule has 1 rings (SSSR count). The van der Waals surface area contributed by atoms with Gasteiger partial charge in [-0.2, -0.15) is 5.26 Å². The molecule has 4 heteroatoms. The molecule has 4 nitrogen and oxygen atoms in total. The Bertz CT molecular complexity index is 408. The van der Waals surface area contributed by atoms with Crippen molar-refractivity contribution in [1.29, 1.82) is 5.26 Å². The van der Waals surface area contributed by atoms with Crippen molar-refractivity contribution in [3.8, 4) is 17.6 Å². The quantitative estimate of drug-likeness (QED) is 0.837. The maximum Gasteiger partial charge on any atom is 0.161 e. The fraction of sp³-hybridized carbons (Fsp3) is 0.417. The van der Waals surface area contributed by atoms with Gasteiger partial charge in [-0.05, 0) is 31.5 Å². The van der Waals surface area contributed by atoms with Crippen LogP contribution in [0.15, 0.2) is 18.2 Å². The lowest BCUT2D eigenvalue weighted by molar-refractivity contribution is 0.251. The average molecular weight is 220 g/mol. The predicted molar refractivity (Wildman–Crippen MR) is 61.4 cm³/mol. The topological polar surface area (TPSA) is 68.3 Å². The number of hydrogen-bond acceptors (Lipinski definition) is 4. The molecule has 0 fully saturated rings. The van der Waals surface area contributed by atoms with Crippen LogP contribution in [0, 0.1) is 18.3 Å². The maximum absolute atomic E-state index is 8.76. The molecule has 0 amide bonds. The van der Waals surface area contributed by atoms with E-state index in [4.69, 9.17) is 20.5 Å². The zero-order valence-corrected chi connectivity index (χ0v) is 9.78. The van der Waals surface area contributed by atoms with Gasteiger partial charge in [0, 0.05) is 0 Å². The minimum absolute atomic E-state index is 0.128. The average Bonchev–Trinajstić information content (AvgIpc) is 2.27. The van der Waals surface area contributed by atoms with Gasteiger partial charge in [0.2, 0.25) is 0 Å². The van der Waals surface area contributed by atoms with Crippen molar-refractivity contribution in [2.24, 2.45) is 5.73 Å². The van der Waals surface area contributed by atoms with Crippen LogP contribution in [0.4, 0.5) is 0 Å². The number of rotatable bonds is 4. The van der Waals surface area contributed by atoms with Crippen LogP contribution in [0.5, 0.6) is 11.5 Å². The molecule has 0 saturated carbocycles. The van der Waals surface area contributed by atoms with E-state index in [2.05, 4.69) is 0 Å². The number of nitrogens with two attached hydrogens (primary N) is 1. The minimum atomic E-state index is -0.990. The highest BCUT2D eigenvalue weighted by atomic mass is 16.5. The summed E-state index contributed by atoms with van der Waals surface area (Å²) in [4.78, 5) is 0. The number of methoxy groups -OCH3 is 1. The fourth-order valence-electron chi connectivity index (χ4n) is 1.15. The minimum Gasteiger partial charge on any atom is -0.493 e. The van der Waals surface area contributed by atoms with Crippen molar-refractivity contribution in [1.82, 2.24) is 0 Å². The molecule has 16 heavy (non-hydrogen) atoms. The van der Waals surface area contributed by atoms with Crippen molar-refractivity contribution >= 4 is 0 Å². The van der Waals surface area contributed by atoms with E-state index in [0.717, 1.165) is 5.56 Å². The lowest BCUT2D eigenvalue weighted by atomic mass is 10.1. The van der Waals surface area contributed by atoms with E-state index in [-0.39, 0.29) is 6.61 Å². The Morgan fingerprint density at radius 1 is 1.44 bits per heavy atom. The standard InChI is InChI=1S/C12H16N2O2/c1-9-4-5-10(11(6-9)15-3)16-8-12(2,14)7-13/h4-6H,8,14H2,1-3H3. The number of hydrogen-bond donors (Lipinski definition) is 1. The van der Waals surface area contributed by atoms with Crippen LogP contribution in [-0.2, 0) is 0 Å². The largest absolute Gasteiger partial charge is 0.493 e. The van der Waals surface area contributed by atoms with Gasteiger partial charge in [-0.25, -0.2) is 0 Å². The highest BCUT2D eigenvalue weighted by Crippen LogP contribution is 2.28. The number of aryl methyl sites for hydroxylation is 1. The summed E-state index contributed by atoms with van der Waals surface area (Å²) in [6.07, 6.45) is 0. The zero-order chi connectivity index (χ0) is 12.2. The highest BCUT2D eigenvalue weighted by molar-refractivity contribution is 5.42. The second-order valence-electron chi connectivity index (χ2n) is 3.97. The lowest BCUT2D eigenvalue weighted by Gasteiger charge is -2.17. The Hall–Kier alpha value is -1.73. The number of nitrogens with zero attached hydrogens (tertiary/aromatic N) is 1. The van der Waals surface area contributed by atoms with E-state index in [0.29, 0.717) is 11.5 Å². The lowest BCUT2D eigenvalue weighted by Crippen LogP contribution is -2.40. The summed E-state index contributed by atoms with van der Waals surface area (Å²) in [6, 6.07) is 7.56.